The fraction of sp³-hybridized carbons (Fsp3) is 0.348. The number of nitrogens with zero attached hydrogens (tertiary/aromatic N) is 2. The van der Waals surface area contributed by atoms with Crippen LogP contribution in [0.25, 0.3) is 0 Å². The standard InChI is InChI=1S/C23H24N2O5/c1-3-24(14-16-5-4-6-19-21(16)30-12-11-29-19)20(26)9-10-25-22(27)17-8-7-15(2)13-18(17)23(25)28/h4-8,13H,3,9-12,14H2,1-2H3. The van der Waals surface area contributed by atoms with E-state index in [4.69, 9.17) is 9.47 Å². The first kappa shape index (κ1) is 19.9. The molecule has 0 spiro atoms. The first-order valence-corrected chi connectivity index (χ1v) is 10.1. The van der Waals surface area contributed by atoms with Crippen molar-refractivity contribution in [2.75, 3.05) is 26.3 Å². The summed E-state index contributed by atoms with van der Waals surface area (Å²) >= 11 is 0. The molecule has 2 aliphatic heterocycles. The summed E-state index contributed by atoms with van der Waals surface area (Å²) in [5.41, 5.74) is 2.60. The number of benzene rings is 2. The van der Waals surface area contributed by atoms with Gasteiger partial charge >= 0.3 is 0 Å². The molecule has 0 saturated heterocycles. The first-order valence-electron chi connectivity index (χ1n) is 10.1. The maximum Gasteiger partial charge on any atom is 0.261 e. The zero-order valence-corrected chi connectivity index (χ0v) is 17.1. The molecule has 2 aromatic rings. The SMILES string of the molecule is CCN(Cc1cccc2c1OCCO2)C(=O)CCN1C(=O)c2ccc(C)cc2C1=O. The maximum absolute atomic E-state index is 12.8. The van der Waals surface area contributed by atoms with Crippen molar-refractivity contribution in [1.82, 2.24) is 9.80 Å². The molecule has 0 atom stereocenters. The molecule has 0 aromatic heterocycles. The molecule has 30 heavy (non-hydrogen) atoms. The van der Waals surface area contributed by atoms with Crippen LogP contribution in [0, 0.1) is 6.92 Å². The Kier molecular flexibility index (Phi) is 5.44. The molecule has 0 bridgehead atoms. The van der Waals surface area contributed by atoms with Crippen molar-refractivity contribution in [3.05, 3.63) is 58.7 Å². The van der Waals surface area contributed by atoms with Gasteiger partial charge in [-0.1, -0.05) is 23.8 Å². The molecule has 3 amide bonds. The Morgan fingerprint density at radius 1 is 1.07 bits per heavy atom. The topological polar surface area (TPSA) is 76.2 Å². The van der Waals surface area contributed by atoms with Gasteiger partial charge in [-0.15, -0.1) is 0 Å². The summed E-state index contributed by atoms with van der Waals surface area (Å²) in [7, 11) is 0. The number of fused-ring (bicyclic) bond motifs is 2. The maximum atomic E-state index is 12.8. The van der Waals surface area contributed by atoms with E-state index >= 15 is 0 Å². The summed E-state index contributed by atoms with van der Waals surface area (Å²) in [5.74, 6) is 0.555. The highest BCUT2D eigenvalue weighted by Crippen LogP contribution is 2.34. The van der Waals surface area contributed by atoms with Crippen LogP contribution in [-0.4, -0.2) is 53.8 Å². The number of rotatable bonds is 6. The van der Waals surface area contributed by atoms with Crippen molar-refractivity contribution in [3.63, 3.8) is 0 Å². The van der Waals surface area contributed by atoms with Gasteiger partial charge in [0, 0.05) is 31.6 Å². The molecule has 0 saturated carbocycles. The van der Waals surface area contributed by atoms with Gasteiger partial charge in [0.05, 0.1) is 11.1 Å². The van der Waals surface area contributed by atoms with Crippen molar-refractivity contribution in [2.45, 2.75) is 26.8 Å². The lowest BCUT2D eigenvalue weighted by molar-refractivity contribution is -0.131. The van der Waals surface area contributed by atoms with Crippen LogP contribution in [0.15, 0.2) is 36.4 Å². The Morgan fingerprint density at radius 2 is 1.83 bits per heavy atom. The number of carbonyl (C=O) groups is 3. The zero-order valence-electron chi connectivity index (χ0n) is 17.1. The number of para-hydroxylation sites is 1. The minimum Gasteiger partial charge on any atom is -0.486 e. The van der Waals surface area contributed by atoms with Crippen LogP contribution < -0.4 is 9.47 Å². The predicted octanol–water partition coefficient (Wildman–Crippen LogP) is 2.80. The summed E-state index contributed by atoms with van der Waals surface area (Å²) in [4.78, 5) is 40.9. The van der Waals surface area contributed by atoms with E-state index in [1.165, 1.54) is 0 Å². The van der Waals surface area contributed by atoms with E-state index in [1.807, 2.05) is 38.1 Å². The third kappa shape index (κ3) is 3.63. The molecule has 2 aromatic carbocycles. The number of imide groups is 1. The molecular formula is C23H24N2O5. The van der Waals surface area contributed by atoms with Crippen LogP contribution in [0.2, 0.25) is 0 Å². The van der Waals surface area contributed by atoms with Gasteiger partial charge < -0.3 is 14.4 Å². The number of hydrogen-bond donors (Lipinski definition) is 0. The Balaban J connectivity index is 1.42. The van der Waals surface area contributed by atoms with Crippen molar-refractivity contribution in [1.29, 1.82) is 0 Å². The number of amides is 3. The predicted molar refractivity (Wildman–Crippen MR) is 110 cm³/mol. The fourth-order valence-corrected chi connectivity index (χ4v) is 3.81. The first-order chi connectivity index (χ1) is 14.5. The largest absolute Gasteiger partial charge is 0.486 e. The monoisotopic (exact) mass is 408 g/mol. The Bertz CT molecular complexity index is 1020. The van der Waals surface area contributed by atoms with E-state index in [0.29, 0.717) is 48.9 Å². The second-order valence-electron chi connectivity index (χ2n) is 7.41. The normalized spacial score (nSPS) is 14.7. The van der Waals surface area contributed by atoms with E-state index < -0.39 is 0 Å². The summed E-state index contributed by atoms with van der Waals surface area (Å²) in [6.45, 7) is 5.70. The third-order valence-electron chi connectivity index (χ3n) is 5.42. The van der Waals surface area contributed by atoms with E-state index in [-0.39, 0.29) is 30.7 Å². The minimum absolute atomic E-state index is 0.0627. The number of hydrogen-bond acceptors (Lipinski definition) is 5. The average Bonchev–Trinajstić information content (AvgIpc) is 2.99. The summed E-state index contributed by atoms with van der Waals surface area (Å²) < 4.78 is 11.3. The lowest BCUT2D eigenvalue weighted by Crippen LogP contribution is -2.36. The molecule has 156 valence electrons. The van der Waals surface area contributed by atoms with Gasteiger partial charge in [-0.05, 0) is 32.0 Å². The van der Waals surface area contributed by atoms with Crippen LogP contribution in [0.4, 0.5) is 0 Å². The molecule has 2 heterocycles. The van der Waals surface area contributed by atoms with E-state index in [0.717, 1.165) is 16.0 Å². The molecule has 0 unspecified atom stereocenters. The van der Waals surface area contributed by atoms with Gasteiger partial charge in [0.2, 0.25) is 5.91 Å². The Morgan fingerprint density at radius 3 is 2.63 bits per heavy atom. The third-order valence-corrected chi connectivity index (χ3v) is 5.42. The van der Waals surface area contributed by atoms with Crippen molar-refractivity contribution in [3.8, 4) is 11.5 Å². The van der Waals surface area contributed by atoms with Crippen molar-refractivity contribution in [2.24, 2.45) is 0 Å². The number of ether oxygens (including phenoxy) is 2. The zero-order chi connectivity index (χ0) is 21.3. The van der Waals surface area contributed by atoms with Crippen LogP contribution in [-0.2, 0) is 11.3 Å². The summed E-state index contributed by atoms with van der Waals surface area (Å²) in [6.07, 6.45) is 0.0741. The van der Waals surface area contributed by atoms with Gasteiger partial charge in [-0.2, -0.15) is 0 Å². The Hall–Kier alpha value is -3.35. The lowest BCUT2D eigenvalue weighted by Gasteiger charge is -2.26. The molecule has 0 aliphatic carbocycles. The van der Waals surface area contributed by atoms with Crippen LogP contribution >= 0.6 is 0 Å². The minimum atomic E-state index is -0.339. The second-order valence-corrected chi connectivity index (χ2v) is 7.41. The van der Waals surface area contributed by atoms with Gasteiger partial charge in [0.25, 0.3) is 11.8 Å². The highest BCUT2D eigenvalue weighted by Gasteiger charge is 2.35. The van der Waals surface area contributed by atoms with Gasteiger partial charge in [-0.25, -0.2) is 0 Å². The fourth-order valence-electron chi connectivity index (χ4n) is 3.81. The van der Waals surface area contributed by atoms with Gasteiger partial charge in [-0.3, -0.25) is 19.3 Å². The average molecular weight is 408 g/mol. The molecule has 0 fully saturated rings. The Labute approximate surface area is 175 Å². The highest BCUT2D eigenvalue weighted by molar-refractivity contribution is 6.21. The smallest absolute Gasteiger partial charge is 0.261 e. The molecule has 0 radical (unpaired) electrons. The summed E-state index contributed by atoms with van der Waals surface area (Å²) in [5, 5.41) is 0. The van der Waals surface area contributed by atoms with Crippen molar-refractivity contribution >= 4 is 17.7 Å². The van der Waals surface area contributed by atoms with E-state index in [1.54, 1.807) is 17.0 Å². The lowest BCUT2D eigenvalue weighted by atomic mass is 10.1. The van der Waals surface area contributed by atoms with Crippen LogP contribution in [0.1, 0.15) is 45.2 Å². The molecular weight excluding hydrogens is 384 g/mol. The number of aryl methyl sites for hydroxylation is 1. The van der Waals surface area contributed by atoms with E-state index in [2.05, 4.69) is 0 Å². The molecule has 7 heteroatoms. The summed E-state index contributed by atoms with van der Waals surface area (Å²) in [6, 6.07) is 10.8. The molecule has 0 N–H and O–H groups in total. The van der Waals surface area contributed by atoms with Crippen molar-refractivity contribution < 1.29 is 23.9 Å². The van der Waals surface area contributed by atoms with Crippen LogP contribution in [0.3, 0.4) is 0 Å². The highest BCUT2D eigenvalue weighted by atomic mass is 16.6. The van der Waals surface area contributed by atoms with Crippen LogP contribution in [0.5, 0.6) is 11.5 Å². The molecule has 2 aliphatic rings. The van der Waals surface area contributed by atoms with Gasteiger partial charge in [0.1, 0.15) is 13.2 Å². The van der Waals surface area contributed by atoms with E-state index in [9.17, 15) is 14.4 Å². The molecule has 7 nitrogen and oxygen atoms in total. The molecule has 4 rings (SSSR count). The van der Waals surface area contributed by atoms with Gasteiger partial charge in [0.15, 0.2) is 11.5 Å². The second kappa shape index (κ2) is 8.18. The number of carbonyl (C=O) groups excluding carboxylic acids is 3. The quantitative estimate of drug-likeness (QED) is 0.687.